The molecule has 2 amide bonds. The topological polar surface area (TPSA) is 80.5 Å². The number of anilines is 1. The lowest BCUT2D eigenvalue weighted by molar-refractivity contribution is 0.142. The van der Waals surface area contributed by atoms with Gasteiger partial charge in [0.2, 0.25) is 11.7 Å². The van der Waals surface area contributed by atoms with E-state index in [1.807, 2.05) is 66.7 Å². The Morgan fingerprint density at radius 2 is 1.88 bits per heavy atom. The molecule has 7 nitrogen and oxygen atoms in total. The van der Waals surface area contributed by atoms with Gasteiger partial charge in [-0.3, -0.25) is 0 Å². The van der Waals surface area contributed by atoms with Crippen LogP contribution in [0.3, 0.4) is 0 Å². The average molecular weight is 428 g/mol. The zero-order valence-electron chi connectivity index (χ0n) is 17.8. The van der Waals surface area contributed by atoms with Crippen LogP contribution in [-0.2, 0) is 0 Å². The van der Waals surface area contributed by atoms with Crippen molar-refractivity contribution in [3.05, 3.63) is 72.6 Å². The summed E-state index contributed by atoms with van der Waals surface area (Å²) in [6, 6.07) is 21.0. The van der Waals surface area contributed by atoms with Crippen LogP contribution in [0.2, 0.25) is 0 Å². The Kier molecular flexibility index (Phi) is 5.46. The Morgan fingerprint density at radius 3 is 2.72 bits per heavy atom. The van der Waals surface area contributed by atoms with Crippen molar-refractivity contribution in [1.29, 1.82) is 0 Å². The van der Waals surface area contributed by atoms with Crippen LogP contribution in [0.4, 0.5) is 10.5 Å². The quantitative estimate of drug-likeness (QED) is 0.454. The van der Waals surface area contributed by atoms with Crippen molar-refractivity contribution in [2.75, 3.05) is 19.0 Å². The molecule has 5 rings (SSSR count). The SMILES string of the molecule is COc1ccc(-c2noc(C3CCCCN3C(=O)Nc3cccc4ccccc34)n2)cc1. The van der Waals surface area contributed by atoms with Gasteiger partial charge in [0.05, 0.1) is 12.8 Å². The van der Waals surface area contributed by atoms with Crippen molar-refractivity contribution >= 4 is 22.5 Å². The molecule has 1 aromatic heterocycles. The van der Waals surface area contributed by atoms with Gasteiger partial charge in [-0.15, -0.1) is 0 Å². The summed E-state index contributed by atoms with van der Waals surface area (Å²) in [5.41, 5.74) is 1.63. The van der Waals surface area contributed by atoms with Gasteiger partial charge in [-0.1, -0.05) is 41.6 Å². The minimum atomic E-state index is -0.252. The van der Waals surface area contributed by atoms with Crippen LogP contribution in [0.25, 0.3) is 22.2 Å². The Hall–Kier alpha value is -3.87. The lowest BCUT2D eigenvalue weighted by Crippen LogP contribution is -2.41. The van der Waals surface area contributed by atoms with E-state index in [0.29, 0.717) is 18.3 Å². The molecule has 3 aromatic carbocycles. The molecule has 0 aliphatic carbocycles. The number of benzene rings is 3. The Bertz CT molecular complexity index is 1230. The highest BCUT2D eigenvalue weighted by Gasteiger charge is 2.32. The number of aromatic nitrogens is 2. The van der Waals surface area contributed by atoms with Crippen LogP contribution in [0, 0.1) is 0 Å². The van der Waals surface area contributed by atoms with Crippen molar-refractivity contribution in [1.82, 2.24) is 15.0 Å². The molecule has 32 heavy (non-hydrogen) atoms. The van der Waals surface area contributed by atoms with Gasteiger partial charge in [0.15, 0.2) is 0 Å². The van der Waals surface area contributed by atoms with Crippen LogP contribution in [-0.4, -0.2) is 34.7 Å². The van der Waals surface area contributed by atoms with E-state index in [9.17, 15) is 4.79 Å². The molecule has 2 heterocycles. The van der Waals surface area contributed by atoms with Crippen molar-refractivity contribution in [3.8, 4) is 17.1 Å². The normalized spacial score (nSPS) is 16.2. The molecule has 0 saturated carbocycles. The molecular formula is C25H24N4O3. The van der Waals surface area contributed by atoms with E-state index in [1.54, 1.807) is 12.0 Å². The Labute approximate surface area is 186 Å². The molecule has 0 spiro atoms. The van der Waals surface area contributed by atoms with E-state index in [2.05, 4.69) is 15.5 Å². The summed E-state index contributed by atoms with van der Waals surface area (Å²) >= 11 is 0. The number of urea groups is 1. The summed E-state index contributed by atoms with van der Waals surface area (Å²) in [4.78, 5) is 19.7. The maximum absolute atomic E-state index is 13.3. The standard InChI is InChI=1S/C25H24N4O3/c1-31-19-14-12-18(13-15-19)23-27-24(32-28-23)22-11-4-5-16-29(22)25(30)26-21-10-6-8-17-7-2-3-9-20(17)21/h2-3,6-10,12-15,22H,4-5,11,16H2,1H3,(H,26,30). The summed E-state index contributed by atoms with van der Waals surface area (Å²) in [5, 5.41) is 9.33. The van der Waals surface area contributed by atoms with Gasteiger partial charge in [-0.05, 0) is 55.0 Å². The van der Waals surface area contributed by atoms with E-state index in [4.69, 9.17) is 9.26 Å². The second-order valence-electron chi connectivity index (χ2n) is 7.85. The predicted molar refractivity (Wildman–Crippen MR) is 123 cm³/mol. The molecule has 1 atom stereocenters. The van der Waals surface area contributed by atoms with Crippen LogP contribution < -0.4 is 10.1 Å². The third-order valence-corrected chi connectivity index (χ3v) is 5.87. The fourth-order valence-corrected chi connectivity index (χ4v) is 4.18. The number of amides is 2. The number of nitrogens with zero attached hydrogens (tertiary/aromatic N) is 3. The zero-order chi connectivity index (χ0) is 21.9. The maximum atomic E-state index is 13.3. The Morgan fingerprint density at radius 1 is 1.06 bits per heavy atom. The summed E-state index contributed by atoms with van der Waals surface area (Å²) in [7, 11) is 1.63. The molecular weight excluding hydrogens is 404 g/mol. The molecule has 7 heteroatoms. The zero-order valence-corrected chi connectivity index (χ0v) is 17.8. The molecule has 1 aliphatic rings. The molecule has 1 unspecified atom stereocenters. The van der Waals surface area contributed by atoms with Gasteiger partial charge in [0, 0.05) is 17.5 Å². The van der Waals surface area contributed by atoms with Gasteiger partial charge in [-0.25, -0.2) is 4.79 Å². The largest absolute Gasteiger partial charge is 0.497 e. The number of hydrogen-bond donors (Lipinski definition) is 1. The highest BCUT2D eigenvalue weighted by molar-refractivity contribution is 6.01. The first kappa shape index (κ1) is 20.1. The van der Waals surface area contributed by atoms with E-state index in [0.717, 1.165) is 47.0 Å². The molecule has 0 bridgehead atoms. The van der Waals surface area contributed by atoms with Gasteiger partial charge in [-0.2, -0.15) is 4.98 Å². The summed E-state index contributed by atoms with van der Waals surface area (Å²) in [5.74, 6) is 1.73. The monoisotopic (exact) mass is 428 g/mol. The maximum Gasteiger partial charge on any atom is 0.322 e. The van der Waals surface area contributed by atoms with Crippen molar-refractivity contribution in [2.45, 2.75) is 25.3 Å². The fraction of sp³-hybridized carbons (Fsp3) is 0.240. The predicted octanol–water partition coefficient (Wildman–Crippen LogP) is 5.66. The second kappa shape index (κ2) is 8.70. The van der Waals surface area contributed by atoms with Crippen LogP contribution in [0.15, 0.2) is 71.3 Å². The second-order valence-corrected chi connectivity index (χ2v) is 7.85. The van der Waals surface area contributed by atoms with E-state index in [-0.39, 0.29) is 12.1 Å². The highest BCUT2D eigenvalue weighted by Crippen LogP contribution is 2.32. The number of hydrogen-bond acceptors (Lipinski definition) is 5. The molecule has 162 valence electrons. The number of carbonyl (C=O) groups is 1. The smallest absolute Gasteiger partial charge is 0.322 e. The van der Waals surface area contributed by atoms with Crippen LogP contribution in [0.5, 0.6) is 5.75 Å². The molecule has 4 aromatic rings. The van der Waals surface area contributed by atoms with Crippen molar-refractivity contribution < 1.29 is 14.1 Å². The van der Waals surface area contributed by atoms with E-state index in [1.165, 1.54) is 0 Å². The minimum absolute atomic E-state index is 0.157. The van der Waals surface area contributed by atoms with Crippen molar-refractivity contribution in [3.63, 3.8) is 0 Å². The summed E-state index contributed by atoms with van der Waals surface area (Å²) < 4.78 is 10.8. The highest BCUT2D eigenvalue weighted by atomic mass is 16.5. The molecule has 0 radical (unpaired) electrons. The number of ether oxygens (including phenoxy) is 1. The number of carbonyl (C=O) groups excluding carboxylic acids is 1. The number of rotatable bonds is 4. The third-order valence-electron chi connectivity index (χ3n) is 5.87. The minimum Gasteiger partial charge on any atom is -0.497 e. The van der Waals surface area contributed by atoms with Crippen molar-refractivity contribution in [2.24, 2.45) is 0 Å². The number of nitrogens with one attached hydrogen (secondary N) is 1. The summed E-state index contributed by atoms with van der Waals surface area (Å²) in [6.07, 6.45) is 2.73. The van der Waals surface area contributed by atoms with Crippen LogP contribution in [0.1, 0.15) is 31.2 Å². The number of methoxy groups -OCH3 is 1. The van der Waals surface area contributed by atoms with Crippen LogP contribution >= 0.6 is 0 Å². The molecule has 1 fully saturated rings. The lowest BCUT2D eigenvalue weighted by Gasteiger charge is -2.33. The van der Waals surface area contributed by atoms with E-state index < -0.39 is 0 Å². The number of piperidine rings is 1. The molecule has 1 aliphatic heterocycles. The lowest BCUT2D eigenvalue weighted by atomic mass is 10.0. The summed E-state index contributed by atoms with van der Waals surface area (Å²) in [6.45, 7) is 0.640. The van der Waals surface area contributed by atoms with E-state index >= 15 is 0 Å². The number of likely N-dealkylation sites (tertiary alicyclic amines) is 1. The first-order valence-corrected chi connectivity index (χ1v) is 10.8. The first-order valence-electron chi connectivity index (χ1n) is 10.8. The molecule has 1 saturated heterocycles. The third kappa shape index (κ3) is 3.89. The number of fused-ring (bicyclic) bond motifs is 1. The average Bonchev–Trinajstić information content (AvgIpc) is 3.34. The van der Waals surface area contributed by atoms with Gasteiger partial charge >= 0.3 is 6.03 Å². The first-order chi connectivity index (χ1) is 15.7. The van der Waals surface area contributed by atoms with Gasteiger partial charge in [0.1, 0.15) is 11.8 Å². The van der Waals surface area contributed by atoms with Gasteiger partial charge < -0.3 is 19.5 Å². The fourth-order valence-electron chi connectivity index (χ4n) is 4.18. The Balaban J connectivity index is 1.38. The molecule has 1 N–H and O–H groups in total. The van der Waals surface area contributed by atoms with Gasteiger partial charge in [0.25, 0.3) is 0 Å².